The SMILES string of the molecule is Cc1cc(C)cc(-c2ccc3c4ccc(-c5cc(C(F)(F)F)cc(C(F)(F)F)c5)cc4n(-c4cccc5c4C(=O)N(c4cccc(-c6ccccc6)c4-c4ccccc4)C5=O)c3c2)c1. The predicted octanol–water partition coefficient (Wildman–Crippen LogP) is 14.9. The number of alkyl halides is 6. The molecule has 8 aromatic carbocycles. The van der Waals surface area contributed by atoms with Gasteiger partial charge in [-0.25, -0.2) is 4.90 Å². The van der Waals surface area contributed by atoms with Crippen molar-refractivity contribution < 1.29 is 35.9 Å². The van der Waals surface area contributed by atoms with Crippen LogP contribution < -0.4 is 4.90 Å². The fourth-order valence-corrected chi connectivity index (χ4v) is 9.07. The Balaban J connectivity index is 1.22. The van der Waals surface area contributed by atoms with Crippen molar-refractivity contribution in [3.05, 3.63) is 203 Å². The predicted molar refractivity (Wildman–Crippen MR) is 240 cm³/mol. The molecule has 0 spiro atoms. The summed E-state index contributed by atoms with van der Waals surface area (Å²) >= 11 is 0. The standard InChI is InChI=1S/C54H34F6N2O2/c1-31-23-32(2)25-37(24-31)35-19-21-42-43-22-20-36(38-26-39(53(55,56)57)30-40(27-38)54(58,59)60)29-48(43)61(47(42)28-35)46-18-10-16-44-50(46)52(64)62(51(44)63)45-17-9-15-41(33-11-5-3-6-12-33)49(45)34-13-7-4-8-14-34/h3-30H,1-2H3. The number of aryl methyl sites for hydroxylation is 2. The molecule has 10 heteroatoms. The maximum absolute atomic E-state index is 15.2. The quantitative estimate of drug-likeness (QED) is 0.123. The highest BCUT2D eigenvalue weighted by Gasteiger charge is 2.41. The van der Waals surface area contributed by atoms with Crippen LogP contribution >= 0.6 is 0 Å². The van der Waals surface area contributed by atoms with Gasteiger partial charge in [-0.1, -0.05) is 132 Å². The number of carbonyl (C=O) groups excluding carboxylic acids is 2. The molecule has 0 atom stereocenters. The van der Waals surface area contributed by atoms with Gasteiger partial charge in [0.25, 0.3) is 11.8 Å². The highest BCUT2D eigenvalue weighted by Crippen LogP contribution is 2.46. The van der Waals surface area contributed by atoms with Gasteiger partial charge in [-0.15, -0.1) is 0 Å². The number of nitrogens with zero attached hydrogens (tertiary/aromatic N) is 2. The van der Waals surface area contributed by atoms with E-state index in [-0.39, 0.29) is 28.3 Å². The van der Waals surface area contributed by atoms with E-state index in [1.165, 1.54) is 17.0 Å². The zero-order chi connectivity index (χ0) is 44.7. The molecule has 0 N–H and O–H groups in total. The molecule has 1 aliphatic heterocycles. The van der Waals surface area contributed by atoms with Crippen molar-refractivity contribution in [1.82, 2.24) is 4.57 Å². The van der Waals surface area contributed by atoms with Crippen LogP contribution in [-0.4, -0.2) is 16.4 Å². The largest absolute Gasteiger partial charge is 0.416 e. The Hall–Kier alpha value is -7.72. The summed E-state index contributed by atoms with van der Waals surface area (Å²) < 4.78 is 86.4. The lowest BCUT2D eigenvalue weighted by atomic mass is 9.92. The van der Waals surface area contributed by atoms with E-state index in [1.54, 1.807) is 41.0 Å². The number of hydrogen-bond acceptors (Lipinski definition) is 2. The van der Waals surface area contributed by atoms with Gasteiger partial charge in [0.2, 0.25) is 0 Å². The number of amides is 2. The highest BCUT2D eigenvalue weighted by atomic mass is 19.4. The molecular formula is C54H34F6N2O2. The average Bonchev–Trinajstić information content (AvgIpc) is 3.74. The Morgan fingerprint density at radius 1 is 0.391 bits per heavy atom. The smallest absolute Gasteiger partial charge is 0.308 e. The van der Waals surface area contributed by atoms with Crippen molar-refractivity contribution in [2.75, 3.05) is 4.90 Å². The van der Waals surface area contributed by atoms with E-state index < -0.39 is 35.3 Å². The average molecular weight is 857 g/mol. The summed E-state index contributed by atoms with van der Waals surface area (Å²) in [7, 11) is 0. The minimum absolute atomic E-state index is 0.0875. The van der Waals surface area contributed by atoms with E-state index in [4.69, 9.17) is 0 Å². The molecule has 64 heavy (non-hydrogen) atoms. The second-order valence-electron chi connectivity index (χ2n) is 16.0. The molecule has 4 nitrogen and oxygen atoms in total. The van der Waals surface area contributed by atoms with Crippen LogP contribution in [0.4, 0.5) is 32.0 Å². The third-order valence-corrected chi connectivity index (χ3v) is 11.8. The monoisotopic (exact) mass is 856 g/mol. The molecule has 0 aliphatic carbocycles. The second-order valence-corrected chi connectivity index (χ2v) is 16.0. The zero-order valence-electron chi connectivity index (χ0n) is 34.1. The fraction of sp³-hybridized carbons (Fsp3) is 0.0741. The number of fused-ring (bicyclic) bond motifs is 4. The van der Waals surface area contributed by atoms with Gasteiger partial charge in [0.1, 0.15) is 0 Å². The molecule has 9 aromatic rings. The number of imide groups is 1. The first kappa shape index (κ1) is 40.4. The Morgan fingerprint density at radius 2 is 0.891 bits per heavy atom. The molecule has 0 saturated carbocycles. The lowest BCUT2D eigenvalue weighted by Crippen LogP contribution is -2.30. The lowest BCUT2D eigenvalue weighted by Gasteiger charge is -2.22. The molecular weight excluding hydrogens is 823 g/mol. The van der Waals surface area contributed by atoms with Gasteiger partial charge in [0.05, 0.1) is 44.7 Å². The van der Waals surface area contributed by atoms with E-state index >= 15 is 4.79 Å². The minimum atomic E-state index is -5.05. The number of hydrogen-bond donors (Lipinski definition) is 0. The summed E-state index contributed by atoms with van der Waals surface area (Å²) in [5.41, 5.74) is 5.80. The van der Waals surface area contributed by atoms with Crippen LogP contribution in [0.15, 0.2) is 170 Å². The summed E-state index contributed by atoms with van der Waals surface area (Å²) in [4.78, 5) is 31.2. The van der Waals surface area contributed by atoms with Crippen LogP contribution in [0.1, 0.15) is 43.0 Å². The third kappa shape index (κ3) is 6.82. The number of halogens is 6. The summed E-state index contributed by atoms with van der Waals surface area (Å²) in [6.45, 7) is 3.98. The number of aromatic nitrogens is 1. The van der Waals surface area contributed by atoms with Crippen molar-refractivity contribution in [2.45, 2.75) is 26.2 Å². The van der Waals surface area contributed by atoms with Gasteiger partial charge < -0.3 is 4.57 Å². The van der Waals surface area contributed by atoms with Crippen LogP contribution in [0.2, 0.25) is 0 Å². The minimum Gasteiger partial charge on any atom is -0.308 e. The Bertz CT molecular complexity index is 3320. The van der Waals surface area contributed by atoms with Gasteiger partial charge in [-0.3, -0.25) is 9.59 Å². The van der Waals surface area contributed by atoms with Crippen molar-refractivity contribution in [3.63, 3.8) is 0 Å². The summed E-state index contributed by atoms with van der Waals surface area (Å²) in [6, 6.07) is 47.7. The molecule has 0 radical (unpaired) electrons. The molecule has 10 rings (SSSR count). The fourth-order valence-electron chi connectivity index (χ4n) is 9.07. The van der Waals surface area contributed by atoms with E-state index in [0.29, 0.717) is 50.9 Å². The molecule has 0 bridgehead atoms. The normalized spacial score (nSPS) is 13.0. The first-order valence-corrected chi connectivity index (χ1v) is 20.4. The number of rotatable bonds is 6. The molecule has 0 fully saturated rings. The van der Waals surface area contributed by atoms with E-state index in [0.717, 1.165) is 38.9 Å². The van der Waals surface area contributed by atoms with Crippen molar-refractivity contribution >= 4 is 39.3 Å². The molecule has 1 aliphatic rings. The van der Waals surface area contributed by atoms with Crippen molar-refractivity contribution in [3.8, 4) is 50.2 Å². The van der Waals surface area contributed by atoms with Crippen molar-refractivity contribution in [2.24, 2.45) is 0 Å². The zero-order valence-corrected chi connectivity index (χ0v) is 34.1. The maximum Gasteiger partial charge on any atom is 0.416 e. The lowest BCUT2D eigenvalue weighted by molar-refractivity contribution is -0.143. The van der Waals surface area contributed by atoms with Crippen LogP contribution in [-0.2, 0) is 12.4 Å². The summed E-state index contributed by atoms with van der Waals surface area (Å²) in [5, 5.41) is 1.34. The van der Waals surface area contributed by atoms with E-state index in [1.807, 2.05) is 111 Å². The molecule has 2 heterocycles. The Kier molecular flexibility index (Phi) is 9.44. The molecule has 2 amide bonds. The van der Waals surface area contributed by atoms with Crippen LogP contribution in [0.3, 0.4) is 0 Å². The van der Waals surface area contributed by atoms with Crippen molar-refractivity contribution in [1.29, 1.82) is 0 Å². The van der Waals surface area contributed by atoms with Gasteiger partial charge in [-0.2, -0.15) is 26.3 Å². The van der Waals surface area contributed by atoms with Crippen LogP contribution in [0.5, 0.6) is 0 Å². The highest BCUT2D eigenvalue weighted by molar-refractivity contribution is 6.37. The van der Waals surface area contributed by atoms with E-state index in [9.17, 15) is 31.1 Å². The van der Waals surface area contributed by atoms with E-state index in [2.05, 4.69) is 6.07 Å². The summed E-state index contributed by atoms with van der Waals surface area (Å²) in [6.07, 6.45) is -10.1. The Labute approximate surface area is 363 Å². The molecule has 1 aromatic heterocycles. The number of anilines is 1. The molecule has 0 unspecified atom stereocenters. The van der Waals surface area contributed by atoms with Gasteiger partial charge in [0.15, 0.2) is 0 Å². The summed E-state index contributed by atoms with van der Waals surface area (Å²) in [5.74, 6) is -1.15. The molecule has 0 saturated heterocycles. The molecule has 314 valence electrons. The Morgan fingerprint density at radius 3 is 1.44 bits per heavy atom. The maximum atomic E-state index is 15.2. The van der Waals surface area contributed by atoms with Crippen LogP contribution in [0.25, 0.3) is 72.0 Å². The van der Waals surface area contributed by atoms with Crippen LogP contribution in [0, 0.1) is 13.8 Å². The third-order valence-electron chi connectivity index (χ3n) is 11.8. The second kappa shape index (κ2) is 15.0. The first-order valence-electron chi connectivity index (χ1n) is 20.4. The van der Waals surface area contributed by atoms with Gasteiger partial charge in [0, 0.05) is 16.3 Å². The van der Waals surface area contributed by atoms with Gasteiger partial charge in [-0.05, 0) is 101 Å². The number of carbonyl (C=O) groups is 2. The number of benzene rings is 8. The van der Waals surface area contributed by atoms with Gasteiger partial charge >= 0.3 is 12.4 Å². The first-order chi connectivity index (χ1) is 30.7. The topological polar surface area (TPSA) is 42.3 Å².